The van der Waals surface area contributed by atoms with E-state index in [2.05, 4.69) is 11.9 Å². The van der Waals surface area contributed by atoms with Crippen LogP contribution >= 0.6 is 0 Å². The van der Waals surface area contributed by atoms with Gasteiger partial charge in [-0.05, 0) is 18.8 Å². The number of hydrogen-bond donors (Lipinski definition) is 2. The van der Waals surface area contributed by atoms with E-state index in [0.717, 1.165) is 6.42 Å². The minimum absolute atomic E-state index is 0.137. The second-order valence-electron chi connectivity index (χ2n) is 3.98. The lowest BCUT2D eigenvalue weighted by molar-refractivity contribution is -0.143. The Morgan fingerprint density at radius 3 is 2.81 bits per heavy atom. The molecule has 0 aromatic rings. The first-order valence-corrected chi connectivity index (χ1v) is 5.32. The molecule has 1 rings (SSSR count). The van der Waals surface area contributed by atoms with E-state index in [1.54, 1.807) is 0 Å². The van der Waals surface area contributed by atoms with Crippen LogP contribution in [0, 0.1) is 5.92 Å². The quantitative estimate of drug-likeness (QED) is 0.673. The number of amides is 1. The predicted octanol–water partition coefficient (Wildman–Crippen LogP) is 0.557. The van der Waals surface area contributed by atoms with Crippen LogP contribution < -0.4 is 5.32 Å². The Hall–Kier alpha value is -1.36. The SMILES string of the molecule is C=CCC(NC(=O)C1OCCC1C)C(=O)O. The summed E-state index contributed by atoms with van der Waals surface area (Å²) in [5.74, 6) is -1.27. The fourth-order valence-corrected chi connectivity index (χ4v) is 1.67. The van der Waals surface area contributed by atoms with Crippen LogP contribution in [0.4, 0.5) is 0 Å². The van der Waals surface area contributed by atoms with Crippen molar-refractivity contribution < 1.29 is 19.4 Å². The molecule has 0 spiro atoms. The van der Waals surface area contributed by atoms with Gasteiger partial charge in [0.25, 0.3) is 0 Å². The van der Waals surface area contributed by atoms with Crippen LogP contribution in [0.2, 0.25) is 0 Å². The number of nitrogens with one attached hydrogen (secondary N) is 1. The zero-order chi connectivity index (χ0) is 12.1. The van der Waals surface area contributed by atoms with Crippen molar-refractivity contribution in [3.05, 3.63) is 12.7 Å². The summed E-state index contributed by atoms with van der Waals surface area (Å²) in [6, 6.07) is -0.915. The van der Waals surface area contributed by atoms with Gasteiger partial charge < -0.3 is 15.2 Å². The molecule has 1 heterocycles. The van der Waals surface area contributed by atoms with E-state index >= 15 is 0 Å². The molecule has 16 heavy (non-hydrogen) atoms. The number of aliphatic carboxylic acids is 1. The third-order valence-corrected chi connectivity index (χ3v) is 2.66. The van der Waals surface area contributed by atoms with Crippen molar-refractivity contribution in [2.75, 3.05) is 6.61 Å². The van der Waals surface area contributed by atoms with Gasteiger partial charge in [0, 0.05) is 6.61 Å². The van der Waals surface area contributed by atoms with Crippen molar-refractivity contribution in [1.29, 1.82) is 0 Å². The Morgan fingerprint density at radius 2 is 2.38 bits per heavy atom. The zero-order valence-electron chi connectivity index (χ0n) is 9.31. The molecule has 3 atom stereocenters. The molecule has 1 amide bonds. The third-order valence-electron chi connectivity index (χ3n) is 2.66. The van der Waals surface area contributed by atoms with Gasteiger partial charge in [-0.3, -0.25) is 4.79 Å². The van der Waals surface area contributed by atoms with Gasteiger partial charge in [0.1, 0.15) is 12.1 Å². The highest BCUT2D eigenvalue weighted by Gasteiger charge is 2.32. The first-order chi connectivity index (χ1) is 7.56. The van der Waals surface area contributed by atoms with Gasteiger partial charge in [-0.2, -0.15) is 0 Å². The average Bonchev–Trinajstić information content (AvgIpc) is 2.63. The van der Waals surface area contributed by atoms with Gasteiger partial charge in [0.15, 0.2) is 0 Å². The number of rotatable bonds is 5. The van der Waals surface area contributed by atoms with Crippen molar-refractivity contribution in [3.63, 3.8) is 0 Å². The Bertz CT molecular complexity index is 290. The maximum Gasteiger partial charge on any atom is 0.326 e. The summed E-state index contributed by atoms with van der Waals surface area (Å²) in [5.41, 5.74) is 0. The summed E-state index contributed by atoms with van der Waals surface area (Å²) in [6.07, 6.45) is 1.99. The van der Waals surface area contributed by atoms with Crippen molar-refractivity contribution in [3.8, 4) is 0 Å². The van der Waals surface area contributed by atoms with Crippen LogP contribution in [-0.4, -0.2) is 35.7 Å². The molecule has 0 radical (unpaired) electrons. The molecule has 0 aromatic heterocycles. The van der Waals surface area contributed by atoms with Gasteiger partial charge in [-0.1, -0.05) is 13.0 Å². The van der Waals surface area contributed by atoms with Crippen LogP contribution in [0.3, 0.4) is 0 Å². The number of carboxylic acids is 1. The highest BCUT2D eigenvalue weighted by molar-refractivity contribution is 5.86. The minimum Gasteiger partial charge on any atom is -0.480 e. The van der Waals surface area contributed by atoms with E-state index in [0.29, 0.717) is 6.61 Å². The number of carboxylic acid groups (broad SMARTS) is 1. The molecule has 5 nitrogen and oxygen atoms in total. The number of hydrogen-bond acceptors (Lipinski definition) is 3. The fraction of sp³-hybridized carbons (Fsp3) is 0.636. The number of ether oxygens (including phenoxy) is 1. The molecule has 3 unspecified atom stereocenters. The third kappa shape index (κ3) is 3.06. The van der Waals surface area contributed by atoms with E-state index in [-0.39, 0.29) is 18.2 Å². The van der Waals surface area contributed by atoms with Crippen LogP contribution in [0.15, 0.2) is 12.7 Å². The van der Waals surface area contributed by atoms with E-state index in [1.165, 1.54) is 6.08 Å². The van der Waals surface area contributed by atoms with Crippen molar-refractivity contribution in [2.24, 2.45) is 5.92 Å². The summed E-state index contributed by atoms with van der Waals surface area (Å²) in [4.78, 5) is 22.5. The van der Waals surface area contributed by atoms with Crippen LogP contribution in [0.1, 0.15) is 19.8 Å². The molecular weight excluding hydrogens is 210 g/mol. The molecule has 0 aromatic carbocycles. The number of carbonyl (C=O) groups is 2. The standard InChI is InChI=1S/C11H17NO4/c1-3-4-8(11(14)15)12-10(13)9-7(2)5-6-16-9/h3,7-9H,1,4-6H2,2H3,(H,12,13)(H,14,15). The lowest BCUT2D eigenvalue weighted by Crippen LogP contribution is -2.46. The molecule has 0 aliphatic carbocycles. The van der Waals surface area contributed by atoms with Gasteiger partial charge in [-0.15, -0.1) is 6.58 Å². The normalized spacial score (nSPS) is 26.1. The van der Waals surface area contributed by atoms with Gasteiger partial charge >= 0.3 is 5.97 Å². The Labute approximate surface area is 94.5 Å². The Morgan fingerprint density at radius 1 is 1.69 bits per heavy atom. The Kier molecular flexibility index (Phi) is 4.49. The Balaban J connectivity index is 2.53. The molecule has 90 valence electrons. The highest BCUT2D eigenvalue weighted by Crippen LogP contribution is 2.20. The molecule has 1 aliphatic rings. The molecule has 1 saturated heterocycles. The van der Waals surface area contributed by atoms with E-state index in [9.17, 15) is 9.59 Å². The number of carbonyl (C=O) groups excluding carboxylic acids is 1. The van der Waals surface area contributed by atoms with Gasteiger partial charge in [-0.25, -0.2) is 4.79 Å². The molecule has 1 aliphatic heterocycles. The molecule has 0 saturated carbocycles. The van der Waals surface area contributed by atoms with E-state index in [1.807, 2.05) is 6.92 Å². The monoisotopic (exact) mass is 227 g/mol. The summed E-state index contributed by atoms with van der Waals surface area (Å²) < 4.78 is 5.25. The largest absolute Gasteiger partial charge is 0.480 e. The summed E-state index contributed by atoms with van der Waals surface area (Å²) in [6.45, 7) is 5.93. The predicted molar refractivity (Wildman–Crippen MR) is 57.9 cm³/mol. The second kappa shape index (κ2) is 5.65. The summed E-state index contributed by atoms with van der Waals surface area (Å²) in [7, 11) is 0. The summed E-state index contributed by atoms with van der Waals surface area (Å²) in [5, 5.41) is 11.3. The lowest BCUT2D eigenvalue weighted by atomic mass is 10.0. The van der Waals surface area contributed by atoms with Crippen LogP contribution in [-0.2, 0) is 14.3 Å². The second-order valence-corrected chi connectivity index (χ2v) is 3.98. The highest BCUT2D eigenvalue weighted by atomic mass is 16.5. The van der Waals surface area contributed by atoms with E-state index < -0.39 is 18.1 Å². The van der Waals surface area contributed by atoms with Crippen molar-refractivity contribution in [1.82, 2.24) is 5.32 Å². The first-order valence-electron chi connectivity index (χ1n) is 5.32. The molecule has 5 heteroatoms. The topological polar surface area (TPSA) is 75.6 Å². The van der Waals surface area contributed by atoms with Crippen LogP contribution in [0.5, 0.6) is 0 Å². The van der Waals surface area contributed by atoms with Gasteiger partial charge in [0.2, 0.25) is 5.91 Å². The fourth-order valence-electron chi connectivity index (χ4n) is 1.67. The van der Waals surface area contributed by atoms with E-state index in [4.69, 9.17) is 9.84 Å². The minimum atomic E-state index is -1.06. The van der Waals surface area contributed by atoms with Crippen molar-refractivity contribution >= 4 is 11.9 Å². The van der Waals surface area contributed by atoms with Crippen LogP contribution in [0.25, 0.3) is 0 Å². The molecule has 0 bridgehead atoms. The maximum absolute atomic E-state index is 11.7. The molecule has 1 fully saturated rings. The molecule has 2 N–H and O–H groups in total. The maximum atomic E-state index is 11.7. The zero-order valence-corrected chi connectivity index (χ0v) is 9.31. The lowest BCUT2D eigenvalue weighted by Gasteiger charge is -2.18. The summed E-state index contributed by atoms with van der Waals surface area (Å²) >= 11 is 0. The smallest absolute Gasteiger partial charge is 0.326 e. The molecular formula is C11H17NO4. The first kappa shape index (κ1) is 12.7. The average molecular weight is 227 g/mol. The van der Waals surface area contributed by atoms with Crippen molar-refractivity contribution in [2.45, 2.75) is 31.9 Å². The van der Waals surface area contributed by atoms with Gasteiger partial charge in [0.05, 0.1) is 0 Å².